The number of fused-ring (bicyclic) bond motifs is 1. The summed E-state index contributed by atoms with van der Waals surface area (Å²) >= 11 is 0. The quantitative estimate of drug-likeness (QED) is 0.653. The minimum atomic E-state index is -0.492. The maximum Gasteiger partial charge on any atom is 0.0690 e. The van der Waals surface area contributed by atoms with Gasteiger partial charge in [-0.15, -0.1) is 0 Å². The third-order valence-electron chi connectivity index (χ3n) is 4.08. The molecular weight excluding hydrogens is 184 g/mol. The summed E-state index contributed by atoms with van der Waals surface area (Å²) in [6, 6.07) is 0. The highest BCUT2D eigenvalue weighted by atomic mass is 16.3. The van der Waals surface area contributed by atoms with Crippen molar-refractivity contribution in [3.05, 3.63) is 23.8 Å². The van der Waals surface area contributed by atoms with E-state index >= 15 is 0 Å². The van der Waals surface area contributed by atoms with Crippen LogP contribution in [0.1, 0.15) is 40.0 Å². The normalized spacial score (nSPS) is 40.2. The number of hydrogen-bond acceptors (Lipinski definition) is 1. The maximum atomic E-state index is 10.4. The van der Waals surface area contributed by atoms with E-state index < -0.39 is 5.60 Å². The highest BCUT2D eigenvalue weighted by Crippen LogP contribution is 2.45. The van der Waals surface area contributed by atoms with Crippen molar-refractivity contribution in [3.8, 4) is 0 Å². The molecule has 0 saturated carbocycles. The van der Waals surface area contributed by atoms with Crippen molar-refractivity contribution in [1.29, 1.82) is 0 Å². The fourth-order valence-electron chi connectivity index (χ4n) is 3.16. The van der Waals surface area contributed by atoms with E-state index in [1.54, 1.807) is 5.57 Å². The largest absolute Gasteiger partial charge is 0.390 e. The Hall–Kier alpha value is -0.560. The van der Waals surface area contributed by atoms with Crippen molar-refractivity contribution >= 4 is 0 Å². The van der Waals surface area contributed by atoms with E-state index in [4.69, 9.17) is 0 Å². The Morgan fingerprint density at radius 2 is 2.00 bits per heavy atom. The molecule has 3 atom stereocenters. The Morgan fingerprint density at radius 3 is 2.67 bits per heavy atom. The number of aliphatic hydroxyl groups is 1. The van der Waals surface area contributed by atoms with Gasteiger partial charge in [-0.3, -0.25) is 0 Å². The summed E-state index contributed by atoms with van der Waals surface area (Å²) in [7, 11) is 0. The molecule has 2 aliphatic rings. The first-order valence-corrected chi connectivity index (χ1v) is 6.09. The standard InChI is InChI=1S/C14H22O/c1-10(2)11-8-9-14(3,15)13-7-5-4-6-12(11)13/h4-5,8,10,12-13,15H,6-7,9H2,1-3H3. The SMILES string of the molecule is CC(C)C1=CCC(C)(O)C2CC=CCC12. The zero-order chi connectivity index (χ0) is 11.1. The molecule has 0 amide bonds. The summed E-state index contributed by atoms with van der Waals surface area (Å²) in [6.45, 7) is 6.53. The molecule has 0 aromatic heterocycles. The van der Waals surface area contributed by atoms with Gasteiger partial charge >= 0.3 is 0 Å². The van der Waals surface area contributed by atoms with Crippen LogP contribution in [0.4, 0.5) is 0 Å². The molecule has 15 heavy (non-hydrogen) atoms. The fraction of sp³-hybridized carbons (Fsp3) is 0.714. The van der Waals surface area contributed by atoms with Crippen molar-refractivity contribution in [2.75, 3.05) is 0 Å². The lowest BCUT2D eigenvalue weighted by Crippen LogP contribution is -2.43. The molecule has 0 saturated heterocycles. The molecule has 3 unspecified atom stereocenters. The number of allylic oxidation sites excluding steroid dienone is 3. The van der Waals surface area contributed by atoms with Crippen LogP contribution in [0.25, 0.3) is 0 Å². The molecule has 0 radical (unpaired) electrons. The van der Waals surface area contributed by atoms with Crippen LogP contribution >= 0.6 is 0 Å². The van der Waals surface area contributed by atoms with Crippen LogP contribution in [0, 0.1) is 17.8 Å². The van der Waals surface area contributed by atoms with Crippen molar-refractivity contribution in [2.24, 2.45) is 17.8 Å². The maximum absolute atomic E-state index is 10.4. The topological polar surface area (TPSA) is 20.2 Å². The zero-order valence-corrected chi connectivity index (χ0v) is 10.0. The van der Waals surface area contributed by atoms with Gasteiger partial charge in [0.05, 0.1) is 5.60 Å². The molecule has 1 N–H and O–H groups in total. The van der Waals surface area contributed by atoms with Crippen LogP contribution in [-0.2, 0) is 0 Å². The lowest BCUT2D eigenvalue weighted by molar-refractivity contribution is -0.0275. The van der Waals surface area contributed by atoms with Crippen molar-refractivity contribution < 1.29 is 5.11 Å². The predicted molar refractivity (Wildman–Crippen MR) is 63.5 cm³/mol. The first-order chi connectivity index (χ1) is 7.02. The monoisotopic (exact) mass is 206 g/mol. The lowest BCUT2D eigenvalue weighted by atomic mass is 9.63. The van der Waals surface area contributed by atoms with E-state index in [9.17, 15) is 5.11 Å². The first kappa shape index (κ1) is 10.9. The molecule has 1 heteroatoms. The highest BCUT2D eigenvalue weighted by Gasteiger charge is 2.41. The Labute approximate surface area is 92.9 Å². The molecule has 0 heterocycles. The second kappa shape index (κ2) is 3.79. The van der Waals surface area contributed by atoms with Gasteiger partial charge in [0, 0.05) is 0 Å². The Kier molecular flexibility index (Phi) is 2.76. The Balaban J connectivity index is 2.32. The summed E-state index contributed by atoms with van der Waals surface area (Å²) in [6.07, 6.45) is 9.78. The van der Waals surface area contributed by atoms with Crippen LogP contribution in [0.15, 0.2) is 23.8 Å². The lowest BCUT2D eigenvalue weighted by Gasteiger charge is -2.44. The van der Waals surface area contributed by atoms with Gasteiger partial charge in [-0.05, 0) is 43.9 Å². The van der Waals surface area contributed by atoms with Crippen LogP contribution < -0.4 is 0 Å². The average Bonchev–Trinajstić information content (AvgIpc) is 2.17. The van der Waals surface area contributed by atoms with Crippen LogP contribution in [-0.4, -0.2) is 10.7 Å². The van der Waals surface area contributed by atoms with E-state index in [0.29, 0.717) is 17.8 Å². The van der Waals surface area contributed by atoms with Crippen molar-refractivity contribution in [1.82, 2.24) is 0 Å². The first-order valence-electron chi connectivity index (χ1n) is 6.09. The molecule has 0 aliphatic heterocycles. The number of rotatable bonds is 1. The van der Waals surface area contributed by atoms with Crippen LogP contribution in [0.2, 0.25) is 0 Å². The van der Waals surface area contributed by atoms with E-state index in [-0.39, 0.29) is 0 Å². The van der Waals surface area contributed by atoms with Crippen LogP contribution in [0.5, 0.6) is 0 Å². The smallest absolute Gasteiger partial charge is 0.0690 e. The summed E-state index contributed by atoms with van der Waals surface area (Å²) in [5.41, 5.74) is 1.07. The van der Waals surface area contributed by atoms with Gasteiger partial charge in [-0.1, -0.05) is 37.6 Å². The Bertz CT molecular complexity index is 296. The summed E-state index contributed by atoms with van der Waals surface area (Å²) in [5, 5.41) is 10.4. The number of hydrogen-bond donors (Lipinski definition) is 1. The van der Waals surface area contributed by atoms with Gasteiger partial charge in [-0.2, -0.15) is 0 Å². The Morgan fingerprint density at radius 1 is 1.33 bits per heavy atom. The molecule has 84 valence electrons. The zero-order valence-electron chi connectivity index (χ0n) is 10.0. The van der Waals surface area contributed by atoms with E-state index in [2.05, 4.69) is 32.1 Å². The molecule has 1 nitrogen and oxygen atoms in total. The molecule has 2 aliphatic carbocycles. The van der Waals surface area contributed by atoms with Crippen molar-refractivity contribution in [3.63, 3.8) is 0 Å². The van der Waals surface area contributed by atoms with Crippen LogP contribution in [0.3, 0.4) is 0 Å². The van der Waals surface area contributed by atoms with Gasteiger partial charge in [0.1, 0.15) is 0 Å². The van der Waals surface area contributed by atoms with Gasteiger partial charge < -0.3 is 5.11 Å². The molecular formula is C14H22O. The van der Waals surface area contributed by atoms with E-state index in [1.165, 1.54) is 0 Å². The third kappa shape index (κ3) is 1.90. The summed E-state index contributed by atoms with van der Waals surface area (Å²) in [5.74, 6) is 1.64. The highest BCUT2D eigenvalue weighted by molar-refractivity contribution is 5.22. The van der Waals surface area contributed by atoms with Gasteiger partial charge in [-0.25, -0.2) is 0 Å². The predicted octanol–water partition coefficient (Wildman–Crippen LogP) is 3.31. The molecule has 0 aromatic rings. The summed E-state index contributed by atoms with van der Waals surface area (Å²) < 4.78 is 0. The molecule has 0 spiro atoms. The van der Waals surface area contributed by atoms with E-state index in [1.807, 2.05) is 6.92 Å². The third-order valence-corrected chi connectivity index (χ3v) is 4.08. The van der Waals surface area contributed by atoms with Crippen molar-refractivity contribution in [2.45, 2.75) is 45.6 Å². The molecule has 0 bridgehead atoms. The minimum Gasteiger partial charge on any atom is -0.390 e. The molecule has 0 aromatic carbocycles. The second-order valence-electron chi connectivity index (χ2n) is 5.58. The average molecular weight is 206 g/mol. The summed E-state index contributed by atoms with van der Waals surface area (Å²) in [4.78, 5) is 0. The second-order valence-corrected chi connectivity index (χ2v) is 5.58. The van der Waals surface area contributed by atoms with Gasteiger partial charge in [0.2, 0.25) is 0 Å². The minimum absolute atomic E-state index is 0.435. The molecule has 0 fully saturated rings. The van der Waals surface area contributed by atoms with Gasteiger partial charge in [0.25, 0.3) is 0 Å². The van der Waals surface area contributed by atoms with E-state index in [0.717, 1.165) is 19.3 Å². The fourth-order valence-corrected chi connectivity index (χ4v) is 3.16. The molecule has 2 rings (SSSR count). The van der Waals surface area contributed by atoms with Gasteiger partial charge in [0.15, 0.2) is 0 Å².